The van der Waals surface area contributed by atoms with Gasteiger partial charge < -0.3 is 15.2 Å². The average Bonchev–Trinajstić information content (AvgIpc) is 2.29. The second-order valence-corrected chi connectivity index (χ2v) is 5.99. The molecule has 1 aromatic rings. The fraction of sp³-hybridized carbons (Fsp3) is 0.600. The molecule has 108 valence electrons. The zero-order valence-corrected chi connectivity index (χ0v) is 13.0. The number of hydrogen-bond acceptors (Lipinski definition) is 3. The van der Waals surface area contributed by atoms with Gasteiger partial charge in [0.2, 0.25) is 0 Å². The van der Waals surface area contributed by atoms with E-state index in [2.05, 4.69) is 0 Å². The van der Waals surface area contributed by atoms with Gasteiger partial charge >= 0.3 is 0 Å². The number of hydrogen-bond donors (Lipinski definition) is 1. The first-order valence-corrected chi connectivity index (χ1v) is 6.93. The second kappa shape index (κ2) is 7.13. The van der Waals surface area contributed by atoms with Crippen LogP contribution in [-0.2, 0) is 4.74 Å². The third-order valence-corrected chi connectivity index (χ3v) is 3.18. The first-order chi connectivity index (χ1) is 8.79. The Bertz CT molecular complexity index is 390. The van der Waals surface area contributed by atoms with Crippen LogP contribution < -0.4 is 10.5 Å². The van der Waals surface area contributed by atoms with Gasteiger partial charge in [-0.2, -0.15) is 0 Å². The van der Waals surface area contributed by atoms with Crippen molar-refractivity contribution in [3.63, 3.8) is 0 Å². The number of rotatable bonds is 7. The zero-order chi connectivity index (χ0) is 14.5. The molecule has 4 heteroatoms. The molecule has 0 fully saturated rings. The van der Waals surface area contributed by atoms with Crippen molar-refractivity contribution < 1.29 is 9.47 Å². The van der Waals surface area contributed by atoms with Crippen LogP contribution in [0.15, 0.2) is 12.1 Å². The Kier molecular flexibility index (Phi) is 6.11. The zero-order valence-electron chi connectivity index (χ0n) is 12.3. The SMILES string of the molecule is Cc1cc(OCCCOCC(C)(C)N)cc(C)c1Cl. The summed E-state index contributed by atoms with van der Waals surface area (Å²) in [4.78, 5) is 0. The lowest BCUT2D eigenvalue weighted by molar-refractivity contribution is 0.0870. The lowest BCUT2D eigenvalue weighted by Gasteiger charge is -2.18. The van der Waals surface area contributed by atoms with Gasteiger partial charge in [0, 0.05) is 23.6 Å². The van der Waals surface area contributed by atoms with Gasteiger partial charge in [-0.15, -0.1) is 0 Å². The maximum absolute atomic E-state index is 6.11. The van der Waals surface area contributed by atoms with E-state index in [1.54, 1.807) is 0 Å². The van der Waals surface area contributed by atoms with Crippen molar-refractivity contribution in [2.75, 3.05) is 19.8 Å². The fourth-order valence-electron chi connectivity index (χ4n) is 1.68. The lowest BCUT2D eigenvalue weighted by atomic mass is 10.1. The van der Waals surface area contributed by atoms with Crippen LogP contribution >= 0.6 is 11.6 Å². The largest absolute Gasteiger partial charge is 0.493 e. The van der Waals surface area contributed by atoms with Crippen LogP contribution in [0.2, 0.25) is 5.02 Å². The Hall–Kier alpha value is -0.770. The molecule has 0 unspecified atom stereocenters. The summed E-state index contributed by atoms with van der Waals surface area (Å²) in [6, 6.07) is 3.92. The van der Waals surface area contributed by atoms with Gasteiger partial charge in [-0.25, -0.2) is 0 Å². The van der Waals surface area contributed by atoms with Crippen LogP contribution in [0, 0.1) is 13.8 Å². The maximum Gasteiger partial charge on any atom is 0.119 e. The first-order valence-electron chi connectivity index (χ1n) is 6.56. The van der Waals surface area contributed by atoms with Gasteiger partial charge in [0.05, 0.1) is 13.2 Å². The molecule has 0 heterocycles. The molecule has 0 bridgehead atoms. The quantitative estimate of drug-likeness (QED) is 0.780. The smallest absolute Gasteiger partial charge is 0.119 e. The van der Waals surface area contributed by atoms with Gasteiger partial charge in [-0.3, -0.25) is 0 Å². The van der Waals surface area contributed by atoms with Crippen LogP contribution in [0.3, 0.4) is 0 Å². The van der Waals surface area contributed by atoms with E-state index in [9.17, 15) is 0 Å². The number of ether oxygens (including phenoxy) is 2. The Balaban J connectivity index is 2.27. The van der Waals surface area contributed by atoms with E-state index in [-0.39, 0.29) is 5.54 Å². The highest BCUT2D eigenvalue weighted by molar-refractivity contribution is 6.32. The summed E-state index contributed by atoms with van der Waals surface area (Å²) in [5, 5.41) is 0.806. The summed E-state index contributed by atoms with van der Waals surface area (Å²) in [5.41, 5.74) is 7.63. The molecule has 2 N–H and O–H groups in total. The van der Waals surface area contributed by atoms with Crippen molar-refractivity contribution in [3.05, 3.63) is 28.3 Å². The molecule has 1 rings (SSSR count). The van der Waals surface area contributed by atoms with Crippen molar-refractivity contribution in [1.29, 1.82) is 0 Å². The highest BCUT2D eigenvalue weighted by Gasteiger charge is 2.09. The monoisotopic (exact) mass is 285 g/mol. The molecule has 0 amide bonds. The van der Waals surface area contributed by atoms with E-state index in [4.69, 9.17) is 26.8 Å². The summed E-state index contributed by atoms with van der Waals surface area (Å²) >= 11 is 6.11. The molecule has 1 aromatic carbocycles. The molecule has 19 heavy (non-hydrogen) atoms. The summed E-state index contributed by atoms with van der Waals surface area (Å²) in [5.74, 6) is 0.860. The van der Waals surface area contributed by atoms with Gasteiger partial charge in [0.25, 0.3) is 0 Å². The Morgan fingerprint density at radius 1 is 1.16 bits per heavy atom. The minimum Gasteiger partial charge on any atom is -0.493 e. The molecule has 3 nitrogen and oxygen atoms in total. The van der Waals surface area contributed by atoms with E-state index < -0.39 is 0 Å². The maximum atomic E-state index is 6.11. The average molecular weight is 286 g/mol. The molecule has 0 aromatic heterocycles. The minimum absolute atomic E-state index is 0.273. The van der Waals surface area contributed by atoms with Crippen molar-refractivity contribution in [3.8, 4) is 5.75 Å². The van der Waals surface area contributed by atoms with E-state index in [1.165, 1.54) is 0 Å². The van der Waals surface area contributed by atoms with Gasteiger partial charge in [-0.05, 0) is 51.0 Å². The van der Waals surface area contributed by atoms with Gasteiger partial charge in [-0.1, -0.05) is 11.6 Å². The lowest BCUT2D eigenvalue weighted by Crippen LogP contribution is -2.37. The van der Waals surface area contributed by atoms with Crippen LogP contribution in [0.25, 0.3) is 0 Å². The number of nitrogens with two attached hydrogens (primary N) is 1. The van der Waals surface area contributed by atoms with Crippen molar-refractivity contribution >= 4 is 11.6 Å². The molecule has 0 aliphatic rings. The normalized spacial score (nSPS) is 11.7. The number of halogens is 1. The molecule has 0 atom stereocenters. The van der Waals surface area contributed by atoms with Crippen molar-refractivity contribution in [2.24, 2.45) is 5.73 Å². The van der Waals surface area contributed by atoms with E-state index in [0.29, 0.717) is 19.8 Å². The van der Waals surface area contributed by atoms with Crippen molar-refractivity contribution in [1.82, 2.24) is 0 Å². The molecule has 0 spiro atoms. The first kappa shape index (κ1) is 16.3. The third kappa shape index (κ3) is 6.28. The van der Waals surface area contributed by atoms with Crippen molar-refractivity contribution in [2.45, 2.75) is 39.7 Å². The van der Waals surface area contributed by atoms with E-state index in [0.717, 1.165) is 28.3 Å². The van der Waals surface area contributed by atoms with Gasteiger partial charge in [0.15, 0.2) is 0 Å². The van der Waals surface area contributed by atoms with Crippen LogP contribution in [0.1, 0.15) is 31.4 Å². The Morgan fingerprint density at radius 2 is 1.74 bits per heavy atom. The van der Waals surface area contributed by atoms with Crippen LogP contribution in [0.4, 0.5) is 0 Å². The highest BCUT2D eigenvalue weighted by Crippen LogP contribution is 2.25. The summed E-state index contributed by atoms with van der Waals surface area (Å²) in [6.07, 6.45) is 0.844. The summed E-state index contributed by atoms with van der Waals surface area (Å²) in [6.45, 7) is 9.71. The molecule has 0 aliphatic heterocycles. The predicted octanol–water partition coefficient (Wildman–Crippen LogP) is 3.48. The fourth-order valence-corrected chi connectivity index (χ4v) is 1.78. The Morgan fingerprint density at radius 3 is 2.26 bits per heavy atom. The number of aryl methyl sites for hydroxylation is 2. The molecule has 0 saturated heterocycles. The minimum atomic E-state index is -0.273. The van der Waals surface area contributed by atoms with Crippen LogP contribution in [-0.4, -0.2) is 25.4 Å². The topological polar surface area (TPSA) is 44.5 Å². The predicted molar refractivity (Wildman–Crippen MR) is 80.1 cm³/mol. The second-order valence-electron chi connectivity index (χ2n) is 5.61. The van der Waals surface area contributed by atoms with Gasteiger partial charge in [0.1, 0.15) is 5.75 Å². The summed E-state index contributed by atoms with van der Waals surface area (Å²) in [7, 11) is 0. The molecular formula is C15H24ClNO2. The van der Waals surface area contributed by atoms with E-state index >= 15 is 0 Å². The van der Waals surface area contributed by atoms with E-state index in [1.807, 2.05) is 39.8 Å². The number of benzene rings is 1. The summed E-state index contributed by atoms with van der Waals surface area (Å²) < 4.78 is 11.2. The van der Waals surface area contributed by atoms with Crippen LogP contribution in [0.5, 0.6) is 5.75 Å². The standard InChI is InChI=1S/C15H24ClNO2/c1-11-8-13(9-12(2)14(11)16)19-7-5-6-18-10-15(3,4)17/h8-9H,5-7,10,17H2,1-4H3. The molecule has 0 radical (unpaired) electrons. The molecular weight excluding hydrogens is 262 g/mol. The molecule has 0 saturated carbocycles. The Labute approximate surface area is 121 Å². The highest BCUT2D eigenvalue weighted by atomic mass is 35.5. The molecule has 0 aliphatic carbocycles. The third-order valence-electron chi connectivity index (χ3n) is 2.59.